The smallest absolute Gasteiger partial charge is 0.303 e. The molecule has 0 heterocycles. The second kappa shape index (κ2) is 12.3. The van der Waals surface area contributed by atoms with Crippen LogP contribution in [0.4, 0.5) is 0 Å². The number of carbonyl (C=O) groups is 1. The summed E-state index contributed by atoms with van der Waals surface area (Å²) in [6.45, 7) is 2.19. The van der Waals surface area contributed by atoms with Gasteiger partial charge in [0.25, 0.3) is 0 Å². The monoisotopic (exact) mass is 338 g/mol. The zero-order valence-corrected chi connectivity index (χ0v) is 14.9. The molecule has 0 aromatic carbocycles. The molecule has 1 aliphatic carbocycles. The highest BCUT2D eigenvalue weighted by atomic mass is 16.4. The number of aliphatic carboxylic acids is 1. The molecular weight excluding hydrogens is 304 g/mol. The molecule has 1 aliphatic rings. The highest BCUT2D eigenvalue weighted by Gasteiger charge is 2.39. The fourth-order valence-corrected chi connectivity index (χ4v) is 3.38. The van der Waals surface area contributed by atoms with Crippen LogP contribution in [0.25, 0.3) is 0 Å². The van der Waals surface area contributed by atoms with Gasteiger partial charge in [0.2, 0.25) is 0 Å². The van der Waals surface area contributed by atoms with Crippen molar-refractivity contribution in [1.82, 2.24) is 0 Å². The third kappa shape index (κ3) is 8.11. The van der Waals surface area contributed by atoms with Crippen LogP contribution in [0.5, 0.6) is 0 Å². The first-order valence-electron chi connectivity index (χ1n) is 9.45. The first-order chi connectivity index (χ1) is 11.6. The maximum absolute atomic E-state index is 10.5. The van der Waals surface area contributed by atoms with E-state index in [9.17, 15) is 15.0 Å². The summed E-state index contributed by atoms with van der Waals surface area (Å²) in [7, 11) is 0. The lowest BCUT2D eigenvalue weighted by molar-refractivity contribution is -0.137. The van der Waals surface area contributed by atoms with Crippen molar-refractivity contribution < 1.29 is 20.1 Å². The predicted octanol–water partition coefficient (Wildman–Crippen LogP) is 4.07. The van der Waals surface area contributed by atoms with E-state index >= 15 is 0 Å². The van der Waals surface area contributed by atoms with Gasteiger partial charge < -0.3 is 15.3 Å². The van der Waals surface area contributed by atoms with Crippen molar-refractivity contribution in [3.63, 3.8) is 0 Å². The summed E-state index contributed by atoms with van der Waals surface area (Å²) in [5.74, 6) is -0.670. The summed E-state index contributed by atoms with van der Waals surface area (Å²) in [4.78, 5) is 10.5. The predicted molar refractivity (Wildman–Crippen MR) is 96.8 cm³/mol. The van der Waals surface area contributed by atoms with E-state index in [1.165, 1.54) is 19.3 Å². The molecule has 4 atom stereocenters. The molecule has 138 valence electrons. The molecule has 0 spiro atoms. The van der Waals surface area contributed by atoms with Crippen LogP contribution in [-0.2, 0) is 4.79 Å². The van der Waals surface area contributed by atoms with Crippen molar-refractivity contribution in [1.29, 1.82) is 0 Å². The van der Waals surface area contributed by atoms with E-state index in [0.29, 0.717) is 12.8 Å². The third-order valence-electron chi connectivity index (χ3n) is 4.83. The second-order valence-corrected chi connectivity index (χ2v) is 6.88. The normalized spacial score (nSPS) is 27.5. The Balaban J connectivity index is 2.37. The first kappa shape index (κ1) is 20.9. The minimum absolute atomic E-state index is 0.000217. The van der Waals surface area contributed by atoms with Gasteiger partial charge in [0.15, 0.2) is 0 Å². The Hall–Kier alpha value is -1.13. The van der Waals surface area contributed by atoms with E-state index in [2.05, 4.69) is 19.1 Å². The number of aliphatic hydroxyl groups is 2. The summed E-state index contributed by atoms with van der Waals surface area (Å²) in [5, 5.41) is 29.0. The van der Waals surface area contributed by atoms with Crippen LogP contribution in [0.15, 0.2) is 24.3 Å². The standard InChI is InChI=1S/C20H34O4/c1-2-3-4-5-6-9-12-16-17(19(22)15-18(16)21)13-10-7-8-11-14-20(23)24/h6,9-10,13,16-19,21-22H,2-5,7-8,11-12,14-15H2,1H3,(H,23,24)/b9-6-,13-10+. The number of allylic oxidation sites excluding steroid dienone is 3. The van der Waals surface area contributed by atoms with Gasteiger partial charge >= 0.3 is 5.97 Å². The van der Waals surface area contributed by atoms with E-state index in [4.69, 9.17) is 5.11 Å². The fraction of sp³-hybridized carbons (Fsp3) is 0.750. The van der Waals surface area contributed by atoms with Crippen LogP contribution in [0.2, 0.25) is 0 Å². The molecule has 0 radical (unpaired) electrons. The average Bonchev–Trinajstić information content (AvgIpc) is 2.80. The number of hydrogen-bond acceptors (Lipinski definition) is 3. The Kier molecular flexibility index (Phi) is 10.7. The van der Waals surface area contributed by atoms with Gasteiger partial charge in [-0.25, -0.2) is 0 Å². The summed E-state index contributed by atoms with van der Waals surface area (Å²) < 4.78 is 0. The van der Waals surface area contributed by atoms with Crippen molar-refractivity contribution in [3.8, 4) is 0 Å². The molecule has 0 aromatic heterocycles. The van der Waals surface area contributed by atoms with E-state index < -0.39 is 18.2 Å². The first-order valence-corrected chi connectivity index (χ1v) is 9.45. The van der Waals surface area contributed by atoms with Crippen molar-refractivity contribution >= 4 is 5.97 Å². The third-order valence-corrected chi connectivity index (χ3v) is 4.83. The van der Waals surface area contributed by atoms with E-state index in [0.717, 1.165) is 25.7 Å². The summed E-state index contributed by atoms with van der Waals surface area (Å²) in [6, 6.07) is 0. The Labute approximate surface area is 146 Å². The van der Waals surface area contributed by atoms with E-state index in [-0.39, 0.29) is 18.3 Å². The molecule has 0 amide bonds. The molecule has 4 unspecified atom stereocenters. The van der Waals surface area contributed by atoms with Gasteiger partial charge in [-0.1, -0.05) is 44.1 Å². The Morgan fingerprint density at radius 1 is 1.00 bits per heavy atom. The molecule has 4 nitrogen and oxygen atoms in total. The SMILES string of the molecule is CCCCC/C=C\CC1C(O)CC(O)C1/C=C/CCCCC(=O)O. The Morgan fingerprint density at radius 2 is 1.71 bits per heavy atom. The van der Waals surface area contributed by atoms with Gasteiger partial charge in [-0.05, 0) is 44.4 Å². The molecule has 3 N–H and O–H groups in total. The van der Waals surface area contributed by atoms with Gasteiger partial charge in [-0.2, -0.15) is 0 Å². The topological polar surface area (TPSA) is 77.8 Å². The highest BCUT2D eigenvalue weighted by molar-refractivity contribution is 5.66. The molecule has 4 heteroatoms. The Bertz CT molecular complexity index is 402. The molecule has 24 heavy (non-hydrogen) atoms. The van der Waals surface area contributed by atoms with Crippen molar-refractivity contribution in [2.75, 3.05) is 0 Å². The lowest BCUT2D eigenvalue weighted by Crippen LogP contribution is -2.19. The lowest BCUT2D eigenvalue weighted by atomic mass is 9.89. The van der Waals surface area contributed by atoms with Gasteiger partial charge in [-0.3, -0.25) is 4.79 Å². The summed E-state index contributed by atoms with van der Waals surface area (Å²) >= 11 is 0. The number of carboxylic acids is 1. The molecule has 0 aromatic rings. The van der Waals surface area contributed by atoms with Crippen LogP contribution >= 0.6 is 0 Å². The van der Waals surface area contributed by atoms with Gasteiger partial charge in [-0.15, -0.1) is 0 Å². The van der Waals surface area contributed by atoms with Crippen molar-refractivity contribution in [2.45, 2.75) is 83.3 Å². The molecule has 1 rings (SSSR count). The average molecular weight is 338 g/mol. The minimum atomic E-state index is -0.751. The molecule has 1 saturated carbocycles. The van der Waals surface area contributed by atoms with E-state index in [1.54, 1.807) is 0 Å². The van der Waals surface area contributed by atoms with Gasteiger partial charge in [0, 0.05) is 18.8 Å². The van der Waals surface area contributed by atoms with Crippen molar-refractivity contribution in [3.05, 3.63) is 24.3 Å². The molecule has 0 saturated heterocycles. The highest BCUT2D eigenvalue weighted by Crippen LogP contribution is 2.36. The number of hydrogen-bond donors (Lipinski definition) is 3. The molecule has 0 aliphatic heterocycles. The van der Waals surface area contributed by atoms with Gasteiger partial charge in [0.1, 0.15) is 0 Å². The van der Waals surface area contributed by atoms with Crippen LogP contribution in [0.1, 0.15) is 71.1 Å². The maximum Gasteiger partial charge on any atom is 0.303 e. The summed E-state index contributed by atoms with van der Waals surface area (Å²) in [5.41, 5.74) is 0. The van der Waals surface area contributed by atoms with Crippen LogP contribution in [0, 0.1) is 11.8 Å². The summed E-state index contributed by atoms with van der Waals surface area (Å²) in [6.07, 6.45) is 16.1. The van der Waals surface area contributed by atoms with E-state index in [1.807, 2.05) is 12.2 Å². The maximum atomic E-state index is 10.5. The minimum Gasteiger partial charge on any atom is -0.481 e. The number of unbranched alkanes of at least 4 members (excludes halogenated alkanes) is 5. The number of aliphatic hydroxyl groups excluding tert-OH is 2. The Morgan fingerprint density at radius 3 is 2.42 bits per heavy atom. The zero-order valence-electron chi connectivity index (χ0n) is 14.9. The molecule has 0 bridgehead atoms. The zero-order chi connectivity index (χ0) is 17.8. The van der Waals surface area contributed by atoms with Gasteiger partial charge in [0.05, 0.1) is 12.2 Å². The van der Waals surface area contributed by atoms with Crippen LogP contribution < -0.4 is 0 Å². The quantitative estimate of drug-likeness (QED) is 0.370. The largest absolute Gasteiger partial charge is 0.481 e. The molecule has 1 fully saturated rings. The lowest BCUT2D eigenvalue weighted by Gasteiger charge is -2.19. The fourth-order valence-electron chi connectivity index (χ4n) is 3.38. The second-order valence-electron chi connectivity index (χ2n) is 6.88. The number of rotatable bonds is 12. The number of carboxylic acid groups (broad SMARTS) is 1. The van der Waals surface area contributed by atoms with Crippen molar-refractivity contribution in [2.24, 2.45) is 11.8 Å². The molecular formula is C20H34O4. The van der Waals surface area contributed by atoms with Crippen LogP contribution in [-0.4, -0.2) is 33.5 Å². The van der Waals surface area contributed by atoms with Crippen LogP contribution in [0.3, 0.4) is 0 Å².